The summed E-state index contributed by atoms with van der Waals surface area (Å²) in [7, 11) is 0. The Bertz CT molecular complexity index is 653. The Morgan fingerprint density at radius 3 is 2.43 bits per heavy atom. The molecule has 0 atom stereocenters. The van der Waals surface area contributed by atoms with Crippen LogP contribution in [-0.4, -0.2) is 16.8 Å². The summed E-state index contributed by atoms with van der Waals surface area (Å²) in [5.74, 6) is -0.252. The van der Waals surface area contributed by atoms with Crippen LogP contribution in [0, 0.1) is 0 Å². The normalized spacial score (nSPS) is 10.1. The van der Waals surface area contributed by atoms with E-state index in [1.54, 1.807) is 36.4 Å². The number of benzene rings is 2. The van der Waals surface area contributed by atoms with Crippen LogP contribution in [0.5, 0.6) is 5.75 Å². The average Bonchev–Trinajstić information content (AvgIpc) is 2.45. The molecule has 2 N–H and O–H groups in total. The second-order valence-electron chi connectivity index (χ2n) is 4.53. The van der Waals surface area contributed by atoms with Gasteiger partial charge in [0.05, 0.1) is 0 Å². The number of anilines is 1. The maximum Gasteiger partial charge on any atom is 0.224 e. The van der Waals surface area contributed by atoms with Gasteiger partial charge in [-0.05, 0) is 24.3 Å². The molecule has 2 aromatic rings. The Kier molecular flexibility index (Phi) is 5.11. The maximum atomic E-state index is 11.9. The Balaban J connectivity index is 1.86. The third-order valence-corrected chi connectivity index (χ3v) is 3.40. The number of Topliss-reactive ketones (excluding diaryl/α,β-unsaturated/α-hetero) is 1. The molecule has 0 bridgehead atoms. The zero-order valence-corrected chi connectivity index (χ0v) is 12.8. The van der Waals surface area contributed by atoms with Gasteiger partial charge in [-0.15, -0.1) is 0 Å². The number of aromatic hydroxyl groups is 1. The van der Waals surface area contributed by atoms with E-state index < -0.39 is 0 Å². The fraction of sp³-hybridized carbons (Fsp3) is 0.125. The SMILES string of the molecule is O=C(CCC(=O)c1ccc(Br)cc1)Nc1cccc(O)c1. The van der Waals surface area contributed by atoms with E-state index in [1.165, 1.54) is 12.1 Å². The minimum atomic E-state index is -0.258. The highest BCUT2D eigenvalue weighted by atomic mass is 79.9. The fourth-order valence-corrected chi connectivity index (χ4v) is 2.08. The van der Waals surface area contributed by atoms with Gasteiger partial charge in [-0.1, -0.05) is 34.1 Å². The van der Waals surface area contributed by atoms with Crippen molar-refractivity contribution in [3.8, 4) is 5.75 Å². The molecule has 0 spiro atoms. The Hall–Kier alpha value is -2.14. The van der Waals surface area contributed by atoms with Gasteiger partial charge in [-0.3, -0.25) is 9.59 Å². The summed E-state index contributed by atoms with van der Waals surface area (Å²) in [6, 6.07) is 13.3. The van der Waals surface area contributed by atoms with Gasteiger partial charge in [0.2, 0.25) is 5.91 Å². The van der Waals surface area contributed by atoms with E-state index in [0.29, 0.717) is 11.3 Å². The van der Waals surface area contributed by atoms with E-state index >= 15 is 0 Å². The minimum Gasteiger partial charge on any atom is -0.508 e. The van der Waals surface area contributed by atoms with E-state index in [1.807, 2.05) is 0 Å². The van der Waals surface area contributed by atoms with Crippen molar-refractivity contribution < 1.29 is 14.7 Å². The number of halogens is 1. The van der Waals surface area contributed by atoms with Crippen molar-refractivity contribution in [2.45, 2.75) is 12.8 Å². The highest BCUT2D eigenvalue weighted by Gasteiger charge is 2.09. The van der Waals surface area contributed by atoms with Gasteiger partial charge in [0.25, 0.3) is 0 Å². The molecule has 2 rings (SSSR count). The lowest BCUT2D eigenvalue weighted by Gasteiger charge is -2.05. The highest BCUT2D eigenvalue weighted by molar-refractivity contribution is 9.10. The standard InChI is InChI=1S/C16H14BrNO3/c17-12-6-4-11(5-7-12)15(20)8-9-16(21)18-13-2-1-3-14(19)10-13/h1-7,10,19H,8-9H2,(H,18,21). The average molecular weight is 348 g/mol. The summed E-state index contributed by atoms with van der Waals surface area (Å²) in [6.45, 7) is 0. The second kappa shape index (κ2) is 7.04. The number of phenolic OH excluding ortho intramolecular Hbond substituents is 1. The number of carbonyl (C=O) groups excluding carboxylic acids is 2. The van der Waals surface area contributed by atoms with Gasteiger partial charge < -0.3 is 10.4 Å². The van der Waals surface area contributed by atoms with Crippen molar-refractivity contribution in [2.24, 2.45) is 0 Å². The molecule has 0 saturated heterocycles. The van der Waals surface area contributed by atoms with Gasteiger partial charge in [0.15, 0.2) is 5.78 Å². The number of nitrogens with one attached hydrogen (secondary N) is 1. The molecule has 0 unspecified atom stereocenters. The van der Waals surface area contributed by atoms with E-state index in [2.05, 4.69) is 21.2 Å². The van der Waals surface area contributed by atoms with Crippen molar-refractivity contribution in [3.05, 3.63) is 58.6 Å². The largest absolute Gasteiger partial charge is 0.508 e. The van der Waals surface area contributed by atoms with Crippen molar-refractivity contribution in [1.82, 2.24) is 0 Å². The molecule has 5 heteroatoms. The molecule has 0 aromatic heterocycles. The number of amides is 1. The molecule has 4 nitrogen and oxygen atoms in total. The maximum absolute atomic E-state index is 11.9. The van der Waals surface area contributed by atoms with E-state index in [4.69, 9.17) is 0 Å². The monoisotopic (exact) mass is 347 g/mol. The van der Waals surface area contributed by atoms with Gasteiger partial charge in [-0.25, -0.2) is 0 Å². The number of hydrogen-bond acceptors (Lipinski definition) is 3. The summed E-state index contributed by atoms with van der Waals surface area (Å²) in [4.78, 5) is 23.7. The quantitative estimate of drug-likeness (QED) is 0.809. The van der Waals surface area contributed by atoms with Crippen LogP contribution < -0.4 is 5.32 Å². The van der Waals surface area contributed by atoms with E-state index in [9.17, 15) is 14.7 Å². The van der Waals surface area contributed by atoms with Crippen LogP contribution >= 0.6 is 15.9 Å². The molecule has 1 amide bonds. The van der Waals surface area contributed by atoms with Crippen LogP contribution in [0.15, 0.2) is 53.0 Å². The number of hydrogen-bond donors (Lipinski definition) is 2. The van der Waals surface area contributed by atoms with Crippen LogP contribution in [0.2, 0.25) is 0 Å². The number of carbonyl (C=O) groups is 2. The predicted molar refractivity (Wildman–Crippen MR) is 84.4 cm³/mol. The van der Waals surface area contributed by atoms with Crippen LogP contribution in [-0.2, 0) is 4.79 Å². The molecule has 0 aliphatic carbocycles. The second-order valence-corrected chi connectivity index (χ2v) is 5.44. The lowest BCUT2D eigenvalue weighted by Crippen LogP contribution is -2.13. The summed E-state index contributed by atoms with van der Waals surface area (Å²) in [6.07, 6.45) is 0.247. The van der Waals surface area contributed by atoms with Crippen LogP contribution in [0.4, 0.5) is 5.69 Å². The molecule has 0 heterocycles. The first kappa shape index (κ1) is 15.3. The summed E-state index contributed by atoms with van der Waals surface area (Å²) in [5.41, 5.74) is 1.10. The molecule has 0 radical (unpaired) electrons. The van der Waals surface area contributed by atoms with Crippen molar-refractivity contribution >= 4 is 33.3 Å². The predicted octanol–water partition coefficient (Wildman–Crippen LogP) is 3.76. The molecule has 0 fully saturated rings. The van der Waals surface area contributed by atoms with Gasteiger partial charge in [0.1, 0.15) is 5.75 Å². The van der Waals surface area contributed by atoms with Crippen LogP contribution in [0.3, 0.4) is 0 Å². The number of rotatable bonds is 5. The van der Waals surface area contributed by atoms with Crippen molar-refractivity contribution in [1.29, 1.82) is 0 Å². The number of ketones is 1. The zero-order chi connectivity index (χ0) is 15.2. The molecular formula is C16H14BrNO3. The van der Waals surface area contributed by atoms with E-state index in [-0.39, 0.29) is 30.3 Å². The molecule has 21 heavy (non-hydrogen) atoms. The first-order chi connectivity index (χ1) is 10.0. The van der Waals surface area contributed by atoms with Crippen molar-refractivity contribution in [3.63, 3.8) is 0 Å². The van der Waals surface area contributed by atoms with Crippen LogP contribution in [0.1, 0.15) is 23.2 Å². The minimum absolute atomic E-state index is 0.0754. The third kappa shape index (κ3) is 4.72. The molecule has 0 aliphatic rings. The summed E-state index contributed by atoms with van der Waals surface area (Å²) >= 11 is 3.30. The molecule has 0 saturated carbocycles. The Labute approximate surface area is 130 Å². The topological polar surface area (TPSA) is 66.4 Å². The molecule has 0 aliphatic heterocycles. The molecule has 108 valence electrons. The van der Waals surface area contributed by atoms with Gasteiger partial charge in [0, 0.05) is 34.6 Å². The van der Waals surface area contributed by atoms with Crippen LogP contribution in [0.25, 0.3) is 0 Å². The smallest absolute Gasteiger partial charge is 0.224 e. The first-order valence-electron chi connectivity index (χ1n) is 6.42. The number of phenols is 1. The fourth-order valence-electron chi connectivity index (χ4n) is 1.81. The summed E-state index contributed by atoms with van der Waals surface area (Å²) < 4.78 is 0.903. The van der Waals surface area contributed by atoms with E-state index in [0.717, 1.165) is 4.47 Å². The third-order valence-electron chi connectivity index (χ3n) is 2.88. The lowest BCUT2D eigenvalue weighted by atomic mass is 10.1. The molecule has 2 aromatic carbocycles. The zero-order valence-electron chi connectivity index (χ0n) is 11.2. The Morgan fingerprint density at radius 1 is 1.05 bits per heavy atom. The van der Waals surface area contributed by atoms with Gasteiger partial charge in [-0.2, -0.15) is 0 Å². The summed E-state index contributed by atoms with van der Waals surface area (Å²) in [5, 5.41) is 11.9. The highest BCUT2D eigenvalue weighted by Crippen LogP contribution is 2.16. The Morgan fingerprint density at radius 2 is 1.76 bits per heavy atom. The lowest BCUT2D eigenvalue weighted by molar-refractivity contribution is -0.116. The van der Waals surface area contributed by atoms with Gasteiger partial charge >= 0.3 is 0 Å². The first-order valence-corrected chi connectivity index (χ1v) is 7.21. The van der Waals surface area contributed by atoms with Crippen molar-refractivity contribution in [2.75, 3.05) is 5.32 Å². The molecular weight excluding hydrogens is 334 g/mol.